The smallest absolute Gasteiger partial charge is 0.398 e. The fraction of sp³-hybridized carbons (Fsp3) is 0.214. The second-order valence-electron chi connectivity index (χ2n) is 4.33. The van der Waals surface area contributed by atoms with Crippen LogP contribution in [0.4, 0.5) is 24.5 Å². The van der Waals surface area contributed by atoms with Gasteiger partial charge >= 0.3 is 6.18 Å². The Bertz CT molecular complexity index is 568. The summed E-state index contributed by atoms with van der Waals surface area (Å²) in [6.07, 6.45) is -0.373. The molecule has 0 atom stereocenters. The second kappa shape index (κ2) is 5.81. The third kappa shape index (κ3) is 3.63. The van der Waals surface area contributed by atoms with Gasteiger partial charge in [-0.05, 0) is 42.3 Å². The minimum Gasteiger partial charge on any atom is -0.398 e. The first kappa shape index (κ1) is 14.2. The first-order valence-corrected chi connectivity index (χ1v) is 6.06. The first-order valence-electron chi connectivity index (χ1n) is 6.06. The van der Waals surface area contributed by atoms with E-state index in [9.17, 15) is 13.2 Å². The van der Waals surface area contributed by atoms with E-state index in [0.29, 0.717) is 18.7 Å². The molecule has 3 nitrogen and oxygen atoms in total. The Morgan fingerprint density at radius 2 is 1.80 bits per heavy atom. The predicted molar refractivity (Wildman–Crippen MR) is 72.3 cm³/mol. The summed E-state index contributed by atoms with van der Waals surface area (Å²) < 4.78 is 38.1. The van der Waals surface area contributed by atoms with Crippen LogP contribution in [0, 0.1) is 0 Å². The zero-order valence-corrected chi connectivity index (χ0v) is 10.6. The van der Waals surface area contributed by atoms with Gasteiger partial charge in [0, 0.05) is 30.3 Å². The van der Waals surface area contributed by atoms with Gasteiger partial charge in [-0.2, -0.15) is 13.2 Å². The molecule has 1 aromatic carbocycles. The van der Waals surface area contributed by atoms with Crippen molar-refractivity contribution in [2.75, 3.05) is 17.6 Å². The maximum Gasteiger partial charge on any atom is 0.418 e. The third-order valence-electron chi connectivity index (χ3n) is 2.85. The van der Waals surface area contributed by atoms with E-state index in [4.69, 9.17) is 5.73 Å². The lowest BCUT2D eigenvalue weighted by atomic mass is 10.1. The van der Waals surface area contributed by atoms with Gasteiger partial charge in [0.2, 0.25) is 0 Å². The molecule has 0 spiro atoms. The number of anilines is 2. The van der Waals surface area contributed by atoms with Crippen molar-refractivity contribution < 1.29 is 13.2 Å². The molecule has 0 saturated carbocycles. The molecule has 0 bridgehead atoms. The van der Waals surface area contributed by atoms with E-state index in [1.807, 2.05) is 12.1 Å². The highest BCUT2D eigenvalue weighted by atomic mass is 19.4. The Labute approximate surface area is 114 Å². The molecule has 0 aliphatic heterocycles. The summed E-state index contributed by atoms with van der Waals surface area (Å²) in [5, 5.41) is 2.96. The van der Waals surface area contributed by atoms with Crippen molar-refractivity contribution in [3.8, 4) is 0 Å². The molecule has 0 radical (unpaired) electrons. The fourth-order valence-corrected chi connectivity index (χ4v) is 1.81. The van der Waals surface area contributed by atoms with Gasteiger partial charge in [-0.1, -0.05) is 0 Å². The van der Waals surface area contributed by atoms with Crippen LogP contribution in [-0.2, 0) is 12.6 Å². The predicted octanol–water partition coefficient (Wildman–Crippen LogP) is 3.34. The van der Waals surface area contributed by atoms with Gasteiger partial charge < -0.3 is 11.1 Å². The number of hydrogen-bond acceptors (Lipinski definition) is 3. The molecule has 0 fully saturated rings. The monoisotopic (exact) mass is 281 g/mol. The normalized spacial score (nSPS) is 11.3. The molecule has 3 N–H and O–H groups in total. The number of nitrogens with two attached hydrogens (primary N) is 1. The van der Waals surface area contributed by atoms with Gasteiger partial charge in [0.15, 0.2) is 0 Å². The summed E-state index contributed by atoms with van der Waals surface area (Å²) in [6.45, 7) is 0.533. The number of rotatable bonds is 4. The van der Waals surface area contributed by atoms with Crippen LogP contribution in [0.15, 0.2) is 42.7 Å². The summed E-state index contributed by atoms with van der Waals surface area (Å²) in [7, 11) is 0. The molecule has 106 valence electrons. The molecule has 1 aromatic heterocycles. The Morgan fingerprint density at radius 1 is 1.10 bits per heavy atom. The number of alkyl halides is 3. The van der Waals surface area contributed by atoms with Crippen LogP contribution in [0.1, 0.15) is 11.1 Å². The third-order valence-corrected chi connectivity index (χ3v) is 2.85. The van der Waals surface area contributed by atoms with Gasteiger partial charge in [-0.3, -0.25) is 4.98 Å². The van der Waals surface area contributed by atoms with Crippen LogP contribution in [0.25, 0.3) is 0 Å². The molecule has 0 aliphatic carbocycles. The van der Waals surface area contributed by atoms with Gasteiger partial charge in [-0.15, -0.1) is 0 Å². The summed E-state index contributed by atoms with van der Waals surface area (Å²) in [5.74, 6) is 0. The number of hydrogen-bond donors (Lipinski definition) is 2. The number of halogens is 3. The van der Waals surface area contributed by atoms with Crippen molar-refractivity contribution >= 4 is 11.4 Å². The molecule has 0 saturated heterocycles. The Balaban J connectivity index is 2.00. The quantitative estimate of drug-likeness (QED) is 0.845. The Kier molecular flexibility index (Phi) is 4.12. The van der Waals surface area contributed by atoms with Crippen LogP contribution in [0.2, 0.25) is 0 Å². The zero-order valence-electron chi connectivity index (χ0n) is 10.6. The number of nitrogens with one attached hydrogen (secondary N) is 1. The SMILES string of the molecule is Nc1ccc(NCCc2ccncc2)cc1C(F)(F)F. The number of nitrogen functional groups attached to an aromatic ring is 1. The largest absolute Gasteiger partial charge is 0.418 e. The number of nitrogens with zero attached hydrogens (tertiary/aromatic N) is 1. The fourth-order valence-electron chi connectivity index (χ4n) is 1.81. The molecule has 1 heterocycles. The van der Waals surface area contributed by atoms with Crippen molar-refractivity contribution in [2.45, 2.75) is 12.6 Å². The first-order chi connectivity index (χ1) is 9.47. The van der Waals surface area contributed by atoms with Crippen LogP contribution in [0.3, 0.4) is 0 Å². The van der Waals surface area contributed by atoms with Gasteiger partial charge in [-0.25, -0.2) is 0 Å². The van der Waals surface area contributed by atoms with Gasteiger partial charge in [0.25, 0.3) is 0 Å². The summed E-state index contributed by atoms with van der Waals surface area (Å²) in [4.78, 5) is 3.90. The van der Waals surface area contributed by atoms with Crippen molar-refractivity contribution in [1.82, 2.24) is 4.98 Å². The van der Waals surface area contributed by atoms with Crippen LogP contribution >= 0.6 is 0 Å². The van der Waals surface area contributed by atoms with E-state index in [-0.39, 0.29) is 5.69 Å². The molecule has 6 heteroatoms. The van der Waals surface area contributed by atoms with E-state index >= 15 is 0 Å². The topological polar surface area (TPSA) is 50.9 Å². The van der Waals surface area contributed by atoms with Gasteiger partial charge in [0.05, 0.1) is 5.56 Å². The minimum absolute atomic E-state index is 0.266. The molecular weight excluding hydrogens is 267 g/mol. The molecule has 20 heavy (non-hydrogen) atoms. The summed E-state index contributed by atoms with van der Waals surface area (Å²) in [5.41, 5.74) is 5.73. The number of pyridine rings is 1. The molecule has 0 unspecified atom stereocenters. The number of aromatic nitrogens is 1. The van der Waals surface area contributed by atoms with Crippen LogP contribution in [-0.4, -0.2) is 11.5 Å². The summed E-state index contributed by atoms with van der Waals surface area (Å²) in [6, 6.07) is 7.56. The Hall–Kier alpha value is -2.24. The van der Waals surface area contributed by atoms with Crippen molar-refractivity contribution in [3.05, 3.63) is 53.9 Å². The molecule has 0 amide bonds. The van der Waals surface area contributed by atoms with Crippen molar-refractivity contribution in [3.63, 3.8) is 0 Å². The second-order valence-corrected chi connectivity index (χ2v) is 4.33. The van der Waals surface area contributed by atoms with E-state index < -0.39 is 11.7 Å². The molecule has 2 rings (SSSR count). The van der Waals surface area contributed by atoms with Crippen LogP contribution < -0.4 is 11.1 Å². The summed E-state index contributed by atoms with van der Waals surface area (Å²) >= 11 is 0. The number of benzene rings is 1. The van der Waals surface area contributed by atoms with E-state index in [0.717, 1.165) is 11.6 Å². The van der Waals surface area contributed by atoms with Crippen LogP contribution in [0.5, 0.6) is 0 Å². The molecule has 2 aromatic rings. The lowest BCUT2D eigenvalue weighted by molar-refractivity contribution is -0.136. The highest BCUT2D eigenvalue weighted by molar-refractivity contribution is 5.58. The van der Waals surface area contributed by atoms with Crippen molar-refractivity contribution in [1.29, 1.82) is 0 Å². The van der Waals surface area contributed by atoms with E-state index in [1.54, 1.807) is 12.4 Å². The lowest BCUT2D eigenvalue weighted by Crippen LogP contribution is -2.11. The standard InChI is InChI=1S/C14H14F3N3/c15-14(16,17)12-9-11(1-2-13(12)18)20-8-5-10-3-6-19-7-4-10/h1-4,6-7,9,20H,5,8,18H2. The van der Waals surface area contributed by atoms with E-state index in [2.05, 4.69) is 10.3 Å². The lowest BCUT2D eigenvalue weighted by Gasteiger charge is -2.13. The molecular formula is C14H14F3N3. The highest BCUT2D eigenvalue weighted by Gasteiger charge is 2.33. The minimum atomic E-state index is -4.44. The molecule has 0 aliphatic rings. The average molecular weight is 281 g/mol. The zero-order chi connectivity index (χ0) is 14.6. The maximum absolute atomic E-state index is 12.7. The van der Waals surface area contributed by atoms with Gasteiger partial charge in [0.1, 0.15) is 0 Å². The highest BCUT2D eigenvalue weighted by Crippen LogP contribution is 2.35. The van der Waals surface area contributed by atoms with Crippen molar-refractivity contribution in [2.24, 2.45) is 0 Å². The maximum atomic E-state index is 12.7. The van der Waals surface area contributed by atoms with E-state index in [1.165, 1.54) is 12.1 Å². The average Bonchev–Trinajstić information content (AvgIpc) is 2.40. The Morgan fingerprint density at radius 3 is 2.45 bits per heavy atom.